The largest absolute Gasteiger partial charge is 0.331 e. The Kier molecular flexibility index (Phi) is 3.96. The number of nitrogens with zero attached hydrogens (tertiary/aromatic N) is 3. The molecule has 1 aliphatic rings. The maximum atomic E-state index is 11.9. The minimum Gasteiger partial charge on any atom is -0.331 e. The normalized spacial score (nSPS) is 17.7. The molecule has 0 unspecified atom stereocenters. The smallest absolute Gasteiger partial charge is 0.246 e. The number of rotatable bonds is 4. The van der Waals surface area contributed by atoms with E-state index in [4.69, 9.17) is 0 Å². The molecule has 0 aliphatic carbocycles. The number of carbonyl (C=O) groups is 1. The summed E-state index contributed by atoms with van der Waals surface area (Å²) < 4.78 is 0. The van der Waals surface area contributed by atoms with Gasteiger partial charge >= 0.3 is 0 Å². The number of nitrogens with one attached hydrogen (secondary N) is 1. The van der Waals surface area contributed by atoms with Gasteiger partial charge in [-0.1, -0.05) is 12.6 Å². The van der Waals surface area contributed by atoms with E-state index in [0.29, 0.717) is 0 Å². The molecule has 2 aromatic rings. The van der Waals surface area contributed by atoms with Gasteiger partial charge in [-0.3, -0.25) is 4.79 Å². The van der Waals surface area contributed by atoms with Crippen LogP contribution in [0, 0.1) is 0 Å². The lowest BCUT2D eigenvalue weighted by molar-refractivity contribution is -0.126. The van der Waals surface area contributed by atoms with Gasteiger partial charge in [0.05, 0.1) is 11.7 Å². The molecular weight excluding hydrogens is 284 g/mol. The van der Waals surface area contributed by atoms with Crippen LogP contribution in [0.25, 0.3) is 0 Å². The van der Waals surface area contributed by atoms with Crippen molar-refractivity contribution in [1.29, 1.82) is 0 Å². The van der Waals surface area contributed by atoms with Crippen LogP contribution in [-0.4, -0.2) is 27.3 Å². The van der Waals surface area contributed by atoms with Gasteiger partial charge in [0.2, 0.25) is 5.91 Å². The molecule has 108 valence electrons. The number of carbonyl (C=O) groups excluding carboxylic acids is 1. The number of likely N-dealkylation sites (tertiary alicyclic amines) is 1. The molecule has 0 spiro atoms. The number of amides is 1. The second-order valence-corrected chi connectivity index (χ2v) is 5.67. The highest BCUT2D eigenvalue weighted by atomic mass is 32.1. The zero-order valence-corrected chi connectivity index (χ0v) is 12.3. The highest BCUT2D eigenvalue weighted by molar-refractivity contribution is 7.13. The quantitative estimate of drug-likeness (QED) is 0.881. The molecule has 3 rings (SSSR count). The monoisotopic (exact) mass is 300 g/mol. The van der Waals surface area contributed by atoms with E-state index in [1.165, 1.54) is 17.4 Å². The topological polar surface area (TPSA) is 58.1 Å². The molecule has 0 bridgehead atoms. The number of anilines is 2. The van der Waals surface area contributed by atoms with E-state index in [1.807, 2.05) is 28.5 Å². The molecule has 1 aliphatic heterocycles. The maximum absolute atomic E-state index is 11.9. The van der Waals surface area contributed by atoms with Crippen molar-refractivity contribution in [2.75, 3.05) is 11.9 Å². The standard InChI is InChI=1S/C15H16N4OS/c1-2-14(20)19-9-5-6-12(19)11-10-21-15(17-11)18-13-7-3-4-8-16-13/h2-4,7-8,10,12H,1,5-6,9H2,(H,16,17,18)/t12-/m0/s1. The predicted molar refractivity (Wildman–Crippen MR) is 83.5 cm³/mol. The number of aromatic nitrogens is 2. The van der Waals surface area contributed by atoms with Crippen LogP contribution < -0.4 is 5.32 Å². The number of pyridine rings is 1. The highest BCUT2D eigenvalue weighted by Gasteiger charge is 2.30. The van der Waals surface area contributed by atoms with Crippen molar-refractivity contribution in [3.8, 4) is 0 Å². The Hall–Kier alpha value is -2.21. The fourth-order valence-corrected chi connectivity index (χ4v) is 3.26. The average Bonchev–Trinajstić information content (AvgIpc) is 3.16. The molecule has 6 heteroatoms. The lowest BCUT2D eigenvalue weighted by Gasteiger charge is -2.21. The first-order chi connectivity index (χ1) is 10.3. The summed E-state index contributed by atoms with van der Waals surface area (Å²) in [5, 5.41) is 5.98. The van der Waals surface area contributed by atoms with Gasteiger partial charge in [-0.25, -0.2) is 9.97 Å². The summed E-state index contributed by atoms with van der Waals surface area (Å²) in [7, 11) is 0. The van der Waals surface area contributed by atoms with Gasteiger partial charge in [0.15, 0.2) is 5.13 Å². The summed E-state index contributed by atoms with van der Waals surface area (Å²) >= 11 is 1.53. The van der Waals surface area contributed by atoms with Crippen molar-refractivity contribution < 1.29 is 4.79 Å². The molecule has 1 N–H and O–H groups in total. The predicted octanol–water partition coefficient (Wildman–Crippen LogP) is 3.13. The Morgan fingerprint density at radius 3 is 3.19 bits per heavy atom. The number of hydrogen-bond acceptors (Lipinski definition) is 5. The Bertz CT molecular complexity index is 640. The van der Waals surface area contributed by atoms with Crippen molar-refractivity contribution in [3.63, 3.8) is 0 Å². The molecule has 0 aromatic carbocycles. The third-order valence-electron chi connectivity index (χ3n) is 3.47. The maximum Gasteiger partial charge on any atom is 0.246 e. The van der Waals surface area contributed by atoms with Gasteiger partial charge in [-0.15, -0.1) is 11.3 Å². The molecule has 0 saturated carbocycles. The number of thiazole rings is 1. The summed E-state index contributed by atoms with van der Waals surface area (Å²) in [4.78, 5) is 22.5. The van der Waals surface area contributed by atoms with Gasteiger partial charge in [0, 0.05) is 18.1 Å². The Balaban J connectivity index is 1.75. The Morgan fingerprint density at radius 1 is 1.52 bits per heavy atom. The molecule has 3 heterocycles. The van der Waals surface area contributed by atoms with E-state index in [9.17, 15) is 4.79 Å². The van der Waals surface area contributed by atoms with Crippen LogP contribution >= 0.6 is 11.3 Å². The van der Waals surface area contributed by atoms with Crippen LogP contribution in [-0.2, 0) is 4.79 Å². The Morgan fingerprint density at radius 2 is 2.43 bits per heavy atom. The molecule has 1 saturated heterocycles. The van der Waals surface area contributed by atoms with Crippen LogP contribution in [0.1, 0.15) is 24.6 Å². The third-order valence-corrected chi connectivity index (χ3v) is 4.25. The minimum absolute atomic E-state index is 0.0234. The molecule has 0 radical (unpaired) electrons. The van der Waals surface area contributed by atoms with E-state index in [0.717, 1.165) is 36.0 Å². The van der Waals surface area contributed by atoms with Gasteiger partial charge < -0.3 is 10.2 Å². The summed E-state index contributed by atoms with van der Waals surface area (Å²) in [5.41, 5.74) is 0.936. The van der Waals surface area contributed by atoms with Crippen LogP contribution in [0.4, 0.5) is 10.9 Å². The highest BCUT2D eigenvalue weighted by Crippen LogP contribution is 2.34. The van der Waals surface area contributed by atoms with E-state index in [2.05, 4.69) is 21.9 Å². The van der Waals surface area contributed by atoms with E-state index in [-0.39, 0.29) is 11.9 Å². The SMILES string of the molecule is C=CC(=O)N1CCC[C@H]1c1csc(Nc2ccccn2)n1. The summed E-state index contributed by atoms with van der Waals surface area (Å²) in [6.07, 6.45) is 5.06. The van der Waals surface area contributed by atoms with E-state index < -0.39 is 0 Å². The molecule has 2 aromatic heterocycles. The first-order valence-electron chi connectivity index (χ1n) is 6.84. The fourth-order valence-electron chi connectivity index (χ4n) is 2.50. The van der Waals surface area contributed by atoms with Crippen LogP contribution in [0.3, 0.4) is 0 Å². The van der Waals surface area contributed by atoms with Gasteiger partial charge in [0.1, 0.15) is 5.82 Å². The molecule has 1 fully saturated rings. The summed E-state index contributed by atoms with van der Waals surface area (Å²) in [5.74, 6) is 0.744. The first-order valence-corrected chi connectivity index (χ1v) is 7.72. The minimum atomic E-state index is -0.0234. The lowest BCUT2D eigenvalue weighted by Crippen LogP contribution is -2.28. The molecular formula is C15H16N4OS. The van der Waals surface area contributed by atoms with Gasteiger partial charge in [-0.05, 0) is 31.1 Å². The summed E-state index contributed by atoms with van der Waals surface area (Å²) in [6.45, 7) is 4.34. The summed E-state index contributed by atoms with van der Waals surface area (Å²) in [6, 6.07) is 5.75. The third kappa shape index (κ3) is 2.95. The van der Waals surface area contributed by atoms with Crippen molar-refractivity contribution >= 4 is 28.2 Å². The van der Waals surface area contributed by atoms with Crippen LogP contribution in [0.15, 0.2) is 42.4 Å². The van der Waals surface area contributed by atoms with E-state index >= 15 is 0 Å². The molecule has 1 amide bonds. The number of hydrogen-bond donors (Lipinski definition) is 1. The van der Waals surface area contributed by atoms with Crippen LogP contribution in [0.2, 0.25) is 0 Å². The fraction of sp³-hybridized carbons (Fsp3) is 0.267. The van der Waals surface area contributed by atoms with Gasteiger partial charge in [0.25, 0.3) is 0 Å². The van der Waals surface area contributed by atoms with Crippen molar-refractivity contribution in [2.24, 2.45) is 0 Å². The van der Waals surface area contributed by atoms with Crippen molar-refractivity contribution in [1.82, 2.24) is 14.9 Å². The van der Waals surface area contributed by atoms with Crippen molar-refractivity contribution in [3.05, 3.63) is 48.1 Å². The van der Waals surface area contributed by atoms with Gasteiger partial charge in [-0.2, -0.15) is 0 Å². The Labute approximate surface area is 127 Å². The second-order valence-electron chi connectivity index (χ2n) is 4.81. The van der Waals surface area contributed by atoms with E-state index in [1.54, 1.807) is 6.20 Å². The second kappa shape index (κ2) is 6.05. The van der Waals surface area contributed by atoms with Crippen LogP contribution in [0.5, 0.6) is 0 Å². The van der Waals surface area contributed by atoms with Crippen molar-refractivity contribution in [2.45, 2.75) is 18.9 Å². The zero-order chi connectivity index (χ0) is 14.7. The molecule has 1 atom stereocenters. The molecule has 5 nitrogen and oxygen atoms in total. The molecule has 21 heavy (non-hydrogen) atoms. The average molecular weight is 300 g/mol. The lowest BCUT2D eigenvalue weighted by atomic mass is 10.2. The zero-order valence-electron chi connectivity index (χ0n) is 11.5. The first kappa shape index (κ1) is 13.8.